The molecule has 3 fully saturated rings. The maximum Gasteiger partial charge on any atom is 1.00 e. The number of fused-ring (bicyclic) bond motifs is 3. The van der Waals surface area contributed by atoms with Crippen molar-refractivity contribution >= 4 is 57.7 Å². The minimum absolute atomic E-state index is 0. The Morgan fingerprint density at radius 3 is 1.38 bits per heavy atom. The Bertz CT molecular complexity index is 2330. The molecular weight excluding hydrogens is 859 g/mol. The van der Waals surface area contributed by atoms with E-state index < -0.39 is 5.97 Å². The summed E-state index contributed by atoms with van der Waals surface area (Å²) in [5.41, 5.74) is 7.94. The van der Waals surface area contributed by atoms with Gasteiger partial charge in [0.25, 0.3) is 0 Å². The van der Waals surface area contributed by atoms with E-state index >= 15 is 0 Å². The van der Waals surface area contributed by atoms with Crippen LogP contribution in [-0.2, 0) is 0 Å². The van der Waals surface area contributed by atoms with Gasteiger partial charge in [-0.1, -0.05) is 57.6 Å². The van der Waals surface area contributed by atoms with E-state index in [2.05, 4.69) is 40.9 Å². The van der Waals surface area contributed by atoms with E-state index in [1.807, 2.05) is 6.07 Å². The summed E-state index contributed by atoms with van der Waals surface area (Å²) in [7, 11) is 0. The number of hydrogen-bond donors (Lipinski definition) is 7. The number of halogens is 1. The van der Waals surface area contributed by atoms with Gasteiger partial charge in [0.2, 0.25) is 0 Å². The van der Waals surface area contributed by atoms with Crippen LogP contribution in [0.4, 0.5) is 11.6 Å². The number of nitrogens with two attached hydrogens (primary N) is 1. The van der Waals surface area contributed by atoms with E-state index in [4.69, 9.17) is 27.5 Å². The van der Waals surface area contributed by atoms with E-state index in [0.717, 1.165) is 70.6 Å². The van der Waals surface area contributed by atoms with Crippen molar-refractivity contribution in [1.29, 1.82) is 0 Å². The summed E-state index contributed by atoms with van der Waals surface area (Å²) in [6.45, 7) is 2.98. The Morgan fingerprint density at radius 1 is 0.631 bits per heavy atom. The number of aromatic nitrogens is 9. The van der Waals surface area contributed by atoms with Crippen LogP contribution in [-0.4, -0.2) is 129 Å². The van der Waals surface area contributed by atoms with Crippen molar-refractivity contribution in [2.45, 2.75) is 135 Å². The Hall–Kier alpha value is -5.08. The van der Waals surface area contributed by atoms with Crippen molar-refractivity contribution in [3.8, 4) is 0 Å². The molecule has 0 unspecified atom stereocenters. The number of ketones is 2. The fourth-order valence-corrected chi connectivity index (χ4v) is 7.61. The summed E-state index contributed by atoms with van der Waals surface area (Å²) in [5.74, 6) is 0.0624. The second kappa shape index (κ2) is 26.2. The molecule has 0 saturated heterocycles. The normalized spacial score (nSPS) is 21.1. The second-order valence-corrected chi connectivity index (χ2v) is 15.9. The van der Waals surface area contributed by atoms with Crippen molar-refractivity contribution in [2.75, 3.05) is 10.6 Å². The first-order valence-corrected chi connectivity index (χ1v) is 20.9. The van der Waals surface area contributed by atoms with Crippen molar-refractivity contribution in [1.82, 2.24) is 43.8 Å². The van der Waals surface area contributed by atoms with Crippen LogP contribution in [0.1, 0.15) is 129 Å². The summed E-state index contributed by atoms with van der Waals surface area (Å²) < 4.78 is 4.52. The van der Waals surface area contributed by atoms with Crippen molar-refractivity contribution < 1.29 is 64.6 Å². The molecule has 3 aliphatic rings. The second-order valence-electron chi connectivity index (χ2n) is 15.5. The summed E-state index contributed by atoms with van der Waals surface area (Å²) in [5, 5.41) is 56.9. The molecule has 0 amide bonds. The number of carboxylic acid groups (broad SMARTS) is 1. The molecule has 21 nitrogen and oxygen atoms in total. The zero-order valence-electron chi connectivity index (χ0n) is 36.1. The molecule has 0 spiro atoms. The van der Waals surface area contributed by atoms with E-state index in [-0.39, 0.29) is 90.8 Å². The van der Waals surface area contributed by atoms with Gasteiger partial charge in [0.15, 0.2) is 28.5 Å². The van der Waals surface area contributed by atoms with Gasteiger partial charge in [-0.25, -0.2) is 33.3 Å². The van der Waals surface area contributed by atoms with E-state index in [1.54, 1.807) is 35.2 Å². The van der Waals surface area contributed by atoms with Gasteiger partial charge < -0.3 is 47.7 Å². The number of carboxylic acids is 1. The fourth-order valence-electron chi connectivity index (χ4n) is 7.47. The van der Waals surface area contributed by atoms with E-state index in [9.17, 15) is 24.6 Å². The van der Waals surface area contributed by atoms with Gasteiger partial charge in [-0.05, 0) is 70.6 Å². The van der Waals surface area contributed by atoms with Gasteiger partial charge in [0.1, 0.15) is 22.4 Å². The van der Waals surface area contributed by atoms with Gasteiger partial charge in [-0.3, -0.25) is 9.59 Å². The van der Waals surface area contributed by atoms with E-state index in [1.165, 1.54) is 47.9 Å². The van der Waals surface area contributed by atoms with Crippen LogP contribution in [0.3, 0.4) is 0 Å². The van der Waals surface area contributed by atoms with Crippen LogP contribution < -0.4 is 35.2 Å². The number of Topliss-reactive ketones (excluding diaryl/α,β-unsaturated/α-hetero) is 2. The quantitative estimate of drug-likeness (QED) is 0.0673. The van der Waals surface area contributed by atoms with Crippen LogP contribution in [0.2, 0.25) is 5.15 Å². The molecular formula is C42H60ClLiN12O9. The summed E-state index contributed by atoms with van der Waals surface area (Å²) in [6.07, 6.45) is 20.4. The third kappa shape index (κ3) is 14.7. The predicted molar refractivity (Wildman–Crippen MR) is 239 cm³/mol. The zero-order valence-corrected chi connectivity index (χ0v) is 36.8. The number of aromatic carboxylic acids is 1. The fraction of sp³-hybridized carbons (Fsp3) is 0.500. The summed E-state index contributed by atoms with van der Waals surface area (Å²) >= 11 is 5.69. The van der Waals surface area contributed by atoms with Gasteiger partial charge in [-0.15, -0.1) is 0 Å². The minimum atomic E-state index is -1.05. The first-order chi connectivity index (χ1) is 29.3. The SMILES string of the molecule is C.CC(=O)c1cnn2ccc(Cl)nc12.CC(=O)c1cnn2ccc(N[C@@H]3CCCC[C@@H]3O)nc12.N[C@@H]1CCCC[C@@H]1O.O.O=C(O)c1cnn2ccc(N[C@@H]3CCCC[C@@H]3O)nc12.[Li+].[OH-]. The van der Waals surface area contributed by atoms with E-state index in [0.29, 0.717) is 44.9 Å². The molecule has 6 heterocycles. The molecule has 0 aliphatic heterocycles. The maximum atomic E-state index is 11.5. The molecule has 0 bridgehead atoms. The number of aliphatic hydroxyl groups is 3. The number of aliphatic hydroxyl groups excluding tert-OH is 3. The zero-order chi connectivity index (χ0) is 43.6. The summed E-state index contributed by atoms with van der Waals surface area (Å²) in [6, 6.07) is 5.21. The molecule has 11 N–H and O–H groups in total. The van der Waals surface area contributed by atoms with Crippen LogP contribution in [0.5, 0.6) is 0 Å². The monoisotopic (exact) mass is 918 g/mol. The van der Waals surface area contributed by atoms with Gasteiger partial charge in [-0.2, -0.15) is 15.3 Å². The Labute approximate surface area is 393 Å². The number of hydrogen-bond acceptors (Lipinski definition) is 16. The molecule has 9 rings (SSSR count). The number of carbonyl (C=O) groups excluding carboxylic acids is 2. The average molecular weight is 919 g/mol. The average Bonchev–Trinajstić information content (AvgIpc) is 3.98. The molecule has 0 radical (unpaired) electrons. The van der Waals surface area contributed by atoms with Crippen molar-refractivity contribution in [3.05, 3.63) is 77.2 Å². The minimum Gasteiger partial charge on any atom is -0.870 e. The number of nitrogens with zero attached hydrogens (tertiary/aromatic N) is 9. The third-order valence-corrected chi connectivity index (χ3v) is 11.2. The van der Waals surface area contributed by atoms with Gasteiger partial charge in [0.05, 0.1) is 60.1 Å². The van der Waals surface area contributed by atoms with Crippen molar-refractivity contribution in [3.63, 3.8) is 0 Å². The first-order valence-electron chi connectivity index (χ1n) is 20.6. The smallest absolute Gasteiger partial charge is 0.870 e. The van der Waals surface area contributed by atoms with Crippen LogP contribution in [0.25, 0.3) is 16.9 Å². The van der Waals surface area contributed by atoms with Gasteiger partial charge >= 0.3 is 24.8 Å². The molecule has 23 heteroatoms. The summed E-state index contributed by atoms with van der Waals surface area (Å²) in [4.78, 5) is 46.4. The number of anilines is 2. The van der Waals surface area contributed by atoms with Gasteiger partial charge in [0, 0.05) is 24.6 Å². The van der Waals surface area contributed by atoms with Crippen LogP contribution >= 0.6 is 11.6 Å². The largest absolute Gasteiger partial charge is 1.00 e. The van der Waals surface area contributed by atoms with Crippen molar-refractivity contribution in [2.24, 2.45) is 5.73 Å². The number of rotatable bonds is 7. The third-order valence-electron chi connectivity index (χ3n) is 11.0. The molecule has 6 atom stereocenters. The van der Waals surface area contributed by atoms with Crippen LogP contribution in [0.15, 0.2) is 55.4 Å². The Morgan fingerprint density at radius 2 is 1.00 bits per heavy atom. The first kappa shape index (κ1) is 56.0. The Balaban J connectivity index is 0.000000305. The van der Waals surface area contributed by atoms with Crippen LogP contribution in [0, 0.1) is 0 Å². The molecule has 3 saturated carbocycles. The molecule has 6 aromatic rings. The number of nitrogens with one attached hydrogen (secondary N) is 2. The molecule has 3 aliphatic carbocycles. The molecule has 350 valence electrons. The molecule has 0 aromatic carbocycles. The standard InChI is InChI=1S/C14H18N4O2.C13H16N4O3.C8H6ClN3O.C6H13NO.CH4.Li.2H2O/c1-9(19)10-8-15-18-7-6-13(17-14(10)18)16-11-4-2-3-5-12(11)20;18-10-4-2-1-3-9(10)15-11-5-6-17-12(16-11)8(7-14-17)13(19)20;1-5(13)6-4-10-12-3-2-7(9)11-8(6)12;7-5-3-1-2-4-6(5)8;;;;/h6-8,11-12,20H,2-5H2,1H3,(H,16,17);5-7,9-10,18H,1-4H2,(H,15,16)(H,19,20);2-4H,1H3;5-6,8H,1-4,7H2;1H4;;2*1H2/q;;;;;+1;;/p-1/t11-,12+;9-,10+;;5-,6+;;;;/m11.1..../s1. The maximum absolute atomic E-state index is 11.5. The molecule has 6 aromatic heterocycles. The molecule has 65 heavy (non-hydrogen) atoms. The number of carbonyl (C=O) groups is 3. The predicted octanol–water partition coefficient (Wildman–Crippen LogP) is 1.26. The Kier molecular flexibility index (Phi) is 22.6. The topological polar surface area (TPSA) is 334 Å².